The van der Waals surface area contributed by atoms with Crippen LogP contribution in [0.4, 0.5) is 5.69 Å². The lowest BCUT2D eigenvalue weighted by atomic mass is 9.86. The van der Waals surface area contributed by atoms with Gasteiger partial charge in [0.15, 0.2) is 11.5 Å². The lowest BCUT2D eigenvalue weighted by Crippen LogP contribution is -2.47. The quantitative estimate of drug-likeness (QED) is 0.631. The third kappa shape index (κ3) is 4.12. The maximum absolute atomic E-state index is 13.1. The van der Waals surface area contributed by atoms with Gasteiger partial charge in [0.05, 0.1) is 40.3 Å². The number of nitrogens with zero attached hydrogens (tertiary/aromatic N) is 3. The van der Waals surface area contributed by atoms with Crippen molar-refractivity contribution >= 4 is 39.3 Å². The topological polar surface area (TPSA) is 76.8 Å². The van der Waals surface area contributed by atoms with Crippen LogP contribution in [0, 0.1) is 18.3 Å². The number of halogens is 1. The van der Waals surface area contributed by atoms with Crippen molar-refractivity contribution in [1.29, 1.82) is 5.26 Å². The molecule has 1 fully saturated rings. The van der Waals surface area contributed by atoms with Gasteiger partial charge in [-0.1, -0.05) is 29.5 Å². The van der Waals surface area contributed by atoms with Crippen LogP contribution in [0.3, 0.4) is 0 Å². The van der Waals surface area contributed by atoms with E-state index in [2.05, 4.69) is 51.2 Å². The molecule has 2 aromatic rings. The second-order valence-corrected chi connectivity index (χ2v) is 9.27. The molecule has 2 heterocycles. The van der Waals surface area contributed by atoms with E-state index in [4.69, 9.17) is 4.74 Å². The van der Waals surface area contributed by atoms with Crippen molar-refractivity contribution in [3.63, 3.8) is 0 Å². The maximum atomic E-state index is 13.1. The van der Waals surface area contributed by atoms with E-state index in [1.807, 2.05) is 13.8 Å². The van der Waals surface area contributed by atoms with Crippen molar-refractivity contribution < 1.29 is 14.6 Å². The molecule has 1 N–H and O–H groups in total. The van der Waals surface area contributed by atoms with Gasteiger partial charge in [0.1, 0.15) is 0 Å². The summed E-state index contributed by atoms with van der Waals surface area (Å²) in [5.74, 6) is 0.611. The highest BCUT2D eigenvalue weighted by atomic mass is 79.9. The summed E-state index contributed by atoms with van der Waals surface area (Å²) in [4.78, 5) is 17.0. The van der Waals surface area contributed by atoms with E-state index in [1.54, 1.807) is 17.0 Å². The molecule has 6 nitrogen and oxygen atoms in total. The molecule has 2 aromatic carbocycles. The van der Waals surface area contributed by atoms with E-state index < -0.39 is 0 Å². The molecule has 0 spiro atoms. The highest BCUT2D eigenvalue weighted by Gasteiger charge is 2.38. The molecule has 31 heavy (non-hydrogen) atoms. The number of carbonyl (C=O) groups is 1. The minimum absolute atomic E-state index is 0.0151. The maximum Gasteiger partial charge on any atom is 0.229 e. The average molecular weight is 500 g/mol. The first kappa shape index (κ1) is 21.6. The molecule has 0 saturated carbocycles. The predicted octanol–water partition coefficient (Wildman–Crippen LogP) is 5.08. The number of amides is 1. The lowest BCUT2D eigenvalue weighted by Gasteiger charge is -2.42. The summed E-state index contributed by atoms with van der Waals surface area (Å²) in [6, 6.07) is 14.0. The van der Waals surface area contributed by atoms with Gasteiger partial charge in [-0.3, -0.25) is 9.69 Å². The fourth-order valence-electron chi connectivity index (χ4n) is 3.83. The molecule has 0 aromatic heterocycles. The standard InChI is InChI=1S/C23H22BrN3O3S/c1-3-30-20-9-15(8-19(24)22(20)29)17-10-21(28)27-12-26(13-31-23(27)18(17)11-25)16-6-4-14(2)5-7-16/h4-9,17,29H,3,10,12-13H2,1-2H3/t17-/m1/s1. The number of aromatic hydroxyl groups is 1. The summed E-state index contributed by atoms with van der Waals surface area (Å²) in [7, 11) is 0. The number of nitriles is 1. The number of thioether (sulfide) groups is 1. The van der Waals surface area contributed by atoms with E-state index >= 15 is 0 Å². The zero-order valence-corrected chi connectivity index (χ0v) is 19.7. The van der Waals surface area contributed by atoms with Gasteiger partial charge in [-0.25, -0.2) is 0 Å². The van der Waals surface area contributed by atoms with Crippen molar-refractivity contribution in [3.8, 4) is 17.6 Å². The second kappa shape index (κ2) is 8.85. The average Bonchev–Trinajstić information content (AvgIpc) is 2.77. The van der Waals surface area contributed by atoms with E-state index in [0.29, 0.717) is 40.0 Å². The summed E-state index contributed by atoms with van der Waals surface area (Å²) in [5, 5.41) is 20.9. The van der Waals surface area contributed by atoms with Gasteiger partial charge in [0.2, 0.25) is 5.91 Å². The van der Waals surface area contributed by atoms with Gasteiger partial charge in [-0.05, 0) is 59.6 Å². The minimum atomic E-state index is -0.377. The highest BCUT2D eigenvalue weighted by molar-refractivity contribution is 9.10. The van der Waals surface area contributed by atoms with Crippen LogP contribution < -0.4 is 9.64 Å². The molecule has 1 saturated heterocycles. The van der Waals surface area contributed by atoms with Crippen LogP contribution in [0.25, 0.3) is 0 Å². The highest BCUT2D eigenvalue weighted by Crippen LogP contribution is 2.46. The van der Waals surface area contributed by atoms with Gasteiger partial charge < -0.3 is 14.7 Å². The van der Waals surface area contributed by atoms with Crippen LogP contribution in [0.15, 0.2) is 51.5 Å². The van der Waals surface area contributed by atoms with Crippen molar-refractivity contribution in [2.45, 2.75) is 26.2 Å². The number of benzene rings is 2. The third-order valence-corrected chi connectivity index (χ3v) is 7.20. The van der Waals surface area contributed by atoms with Gasteiger partial charge >= 0.3 is 0 Å². The Morgan fingerprint density at radius 2 is 2.06 bits per heavy atom. The first-order chi connectivity index (χ1) is 14.9. The molecule has 8 heteroatoms. The van der Waals surface area contributed by atoms with E-state index in [0.717, 1.165) is 11.3 Å². The molecule has 4 rings (SSSR count). The van der Waals surface area contributed by atoms with Crippen LogP contribution in [-0.2, 0) is 4.79 Å². The van der Waals surface area contributed by atoms with Crippen molar-refractivity contribution in [2.24, 2.45) is 0 Å². The fraction of sp³-hybridized carbons (Fsp3) is 0.304. The Morgan fingerprint density at radius 3 is 2.74 bits per heavy atom. The normalized spacial score (nSPS) is 18.6. The van der Waals surface area contributed by atoms with E-state index in [-0.39, 0.29) is 24.0 Å². The van der Waals surface area contributed by atoms with Gasteiger partial charge in [0, 0.05) is 18.0 Å². The first-order valence-corrected chi connectivity index (χ1v) is 11.7. The fourth-order valence-corrected chi connectivity index (χ4v) is 5.45. The van der Waals surface area contributed by atoms with Crippen LogP contribution in [0.5, 0.6) is 11.5 Å². The predicted molar refractivity (Wildman–Crippen MR) is 125 cm³/mol. The zero-order valence-electron chi connectivity index (χ0n) is 17.3. The molecular formula is C23H22BrN3O3S. The van der Waals surface area contributed by atoms with Crippen molar-refractivity contribution in [3.05, 3.63) is 62.6 Å². The lowest BCUT2D eigenvalue weighted by molar-refractivity contribution is -0.129. The molecule has 1 amide bonds. The Balaban J connectivity index is 1.68. The number of phenols is 1. The molecule has 0 aliphatic carbocycles. The number of aryl methyl sites for hydroxylation is 1. The molecular weight excluding hydrogens is 478 g/mol. The number of allylic oxidation sites excluding steroid dienone is 1. The van der Waals surface area contributed by atoms with Crippen LogP contribution >= 0.6 is 27.7 Å². The van der Waals surface area contributed by atoms with Crippen LogP contribution in [-0.4, -0.2) is 35.1 Å². The van der Waals surface area contributed by atoms with E-state index in [1.165, 1.54) is 17.3 Å². The summed E-state index contributed by atoms with van der Waals surface area (Å²) < 4.78 is 6.02. The van der Waals surface area contributed by atoms with Crippen LogP contribution in [0.2, 0.25) is 0 Å². The number of phenolic OH excluding ortho intramolecular Hbond substituents is 1. The molecule has 0 radical (unpaired) electrons. The van der Waals surface area contributed by atoms with Gasteiger partial charge in [-0.15, -0.1) is 0 Å². The first-order valence-electron chi connectivity index (χ1n) is 9.97. The Morgan fingerprint density at radius 1 is 1.32 bits per heavy atom. The SMILES string of the molecule is CCOc1cc([C@H]2CC(=O)N3CN(c4ccc(C)cc4)CSC3=C2C#N)cc(Br)c1O. The molecule has 160 valence electrons. The Kier molecular flexibility index (Phi) is 6.17. The minimum Gasteiger partial charge on any atom is -0.503 e. The Bertz CT molecular complexity index is 1090. The molecule has 2 aliphatic rings. The Hall–Kier alpha value is -2.63. The number of fused-ring (bicyclic) bond motifs is 1. The van der Waals surface area contributed by atoms with E-state index in [9.17, 15) is 15.2 Å². The number of rotatable bonds is 4. The zero-order chi connectivity index (χ0) is 22.1. The van der Waals surface area contributed by atoms with Crippen molar-refractivity contribution in [1.82, 2.24) is 4.90 Å². The monoisotopic (exact) mass is 499 g/mol. The van der Waals surface area contributed by atoms with Crippen LogP contribution in [0.1, 0.15) is 30.4 Å². The Labute approximate surface area is 194 Å². The molecule has 1 atom stereocenters. The third-order valence-electron chi connectivity index (χ3n) is 5.45. The summed E-state index contributed by atoms with van der Waals surface area (Å²) in [6.45, 7) is 4.70. The smallest absolute Gasteiger partial charge is 0.229 e. The number of hydrogen-bond donors (Lipinski definition) is 1. The number of carbonyl (C=O) groups excluding carboxylic acids is 1. The molecule has 0 unspecified atom stereocenters. The molecule has 0 bridgehead atoms. The van der Waals surface area contributed by atoms with Gasteiger partial charge in [-0.2, -0.15) is 5.26 Å². The second-order valence-electron chi connectivity index (χ2n) is 7.48. The van der Waals surface area contributed by atoms with Gasteiger partial charge in [0.25, 0.3) is 0 Å². The number of anilines is 1. The summed E-state index contributed by atoms with van der Waals surface area (Å²) in [6.07, 6.45) is 0.192. The number of hydrogen-bond acceptors (Lipinski definition) is 6. The van der Waals surface area contributed by atoms with Crippen molar-refractivity contribution in [2.75, 3.05) is 24.1 Å². The largest absolute Gasteiger partial charge is 0.503 e. The summed E-state index contributed by atoms with van der Waals surface area (Å²) >= 11 is 4.87. The summed E-state index contributed by atoms with van der Waals surface area (Å²) in [5.41, 5.74) is 3.58. The molecule has 2 aliphatic heterocycles. The number of ether oxygens (including phenoxy) is 1.